The van der Waals surface area contributed by atoms with Crippen molar-refractivity contribution in [3.8, 4) is 39.3 Å². The van der Waals surface area contributed by atoms with Crippen LogP contribution >= 0.6 is 0 Å². The molecule has 0 radical (unpaired) electrons. The van der Waals surface area contributed by atoms with Crippen LogP contribution in [-0.2, 0) is 0 Å². The molecular weight excluding hydrogens is 691 g/mol. The number of rotatable bonds is 5. The Labute approximate surface area is 329 Å². The predicted octanol–water partition coefficient (Wildman–Crippen LogP) is 14.3. The zero-order valence-electron chi connectivity index (χ0n) is 31.0. The van der Waals surface area contributed by atoms with Crippen molar-refractivity contribution in [2.75, 3.05) is 0 Å². The molecule has 0 N–H and O–H groups in total. The molecule has 3 heterocycles. The van der Waals surface area contributed by atoms with Crippen molar-refractivity contribution in [2.45, 2.75) is 0 Å². The van der Waals surface area contributed by atoms with Gasteiger partial charge in [0.2, 0.25) is 0 Å². The fraction of sp³-hybridized carbons (Fsp3) is 0. The monoisotopic (exact) mass is 725 g/mol. The smallest absolute Gasteiger partial charge is 0.0548 e. The third-order valence-corrected chi connectivity index (χ3v) is 11.8. The highest BCUT2D eigenvalue weighted by molar-refractivity contribution is 6.29. The number of aromatic nitrogens is 3. The van der Waals surface area contributed by atoms with Crippen LogP contribution in [0.5, 0.6) is 0 Å². The second-order valence-corrected chi connectivity index (χ2v) is 14.9. The summed E-state index contributed by atoms with van der Waals surface area (Å²) in [5.74, 6) is 0. The number of hydrogen-bond acceptors (Lipinski definition) is 0. The molecule has 0 amide bonds. The SMILES string of the molecule is c1ccc(-c2cccc(-n3c4ccccc4c4c5c6ccc(-c7ccc8c(c7)c7ccccc7n8-c7ccccc7)cc6n(-c6ccccc6)c5ccc43)c2)cc1. The summed E-state index contributed by atoms with van der Waals surface area (Å²) in [5.41, 5.74) is 15.5. The molecule has 0 saturated carbocycles. The summed E-state index contributed by atoms with van der Waals surface area (Å²) in [5, 5.41) is 7.54. The van der Waals surface area contributed by atoms with E-state index < -0.39 is 0 Å². The highest BCUT2D eigenvalue weighted by atomic mass is 15.0. The summed E-state index contributed by atoms with van der Waals surface area (Å²) in [7, 11) is 0. The average Bonchev–Trinajstić information content (AvgIpc) is 3.92. The topological polar surface area (TPSA) is 14.8 Å². The normalized spacial score (nSPS) is 11.9. The summed E-state index contributed by atoms with van der Waals surface area (Å²) in [6.45, 7) is 0. The van der Waals surface area contributed by atoms with E-state index in [1.165, 1.54) is 93.4 Å². The standard InChI is InChI=1S/C54H35N3/c1-4-15-36(16-5-1)37-17-14-22-42(33-37)57-48-26-13-11-24-44(48)53-51(57)32-31-50-54(53)45-29-27-39(35-52(45)56(50)41-20-8-3-9-21-41)38-28-30-49-46(34-38)43-23-10-12-25-47(43)55(49)40-18-6-2-7-19-40/h1-35H. The van der Waals surface area contributed by atoms with Crippen LogP contribution in [0.15, 0.2) is 212 Å². The second kappa shape index (κ2) is 12.5. The van der Waals surface area contributed by atoms with Crippen LogP contribution in [0, 0.1) is 0 Å². The Balaban J connectivity index is 1.11. The third-order valence-electron chi connectivity index (χ3n) is 11.8. The van der Waals surface area contributed by atoms with E-state index in [-0.39, 0.29) is 0 Å². The minimum atomic E-state index is 1.15. The van der Waals surface area contributed by atoms with E-state index in [9.17, 15) is 0 Å². The zero-order chi connectivity index (χ0) is 37.5. The molecule has 9 aromatic carbocycles. The van der Waals surface area contributed by atoms with Gasteiger partial charge in [-0.3, -0.25) is 0 Å². The van der Waals surface area contributed by atoms with Crippen molar-refractivity contribution in [1.29, 1.82) is 0 Å². The van der Waals surface area contributed by atoms with Crippen LogP contribution in [0.2, 0.25) is 0 Å². The molecule has 12 aromatic rings. The third kappa shape index (κ3) is 4.79. The Morgan fingerprint density at radius 3 is 1.35 bits per heavy atom. The van der Waals surface area contributed by atoms with Crippen molar-refractivity contribution in [1.82, 2.24) is 13.7 Å². The molecule has 0 aliphatic heterocycles. The summed E-state index contributed by atoms with van der Waals surface area (Å²) < 4.78 is 7.28. The average molecular weight is 726 g/mol. The van der Waals surface area contributed by atoms with E-state index in [1.54, 1.807) is 0 Å². The van der Waals surface area contributed by atoms with E-state index in [0.717, 1.165) is 11.4 Å². The molecule has 3 nitrogen and oxygen atoms in total. The molecule has 0 fully saturated rings. The zero-order valence-corrected chi connectivity index (χ0v) is 31.0. The second-order valence-electron chi connectivity index (χ2n) is 14.9. The van der Waals surface area contributed by atoms with Crippen LogP contribution in [0.3, 0.4) is 0 Å². The van der Waals surface area contributed by atoms with Gasteiger partial charge in [-0.25, -0.2) is 0 Å². The summed E-state index contributed by atoms with van der Waals surface area (Å²) >= 11 is 0. The maximum Gasteiger partial charge on any atom is 0.0548 e. The number of fused-ring (bicyclic) bond motifs is 10. The summed E-state index contributed by atoms with van der Waals surface area (Å²) in [6.07, 6.45) is 0. The molecular formula is C54H35N3. The van der Waals surface area contributed by atoms with Gasteiger partial charge in [0.15, 0.2) is 0 Å². The van der Waals surface area contributed by atoms with Crippen LogP contribution in [0.25, 0.3) is 105 Å². The molecule has 266 valence electrons. The Bertz CT molecular complexity index is 3500. The lowest BCUT2D eigenvalue weighted by atomic mass is 10.00. The van der Waals surface area contributed by atoms with Crippen molar-refractivity contribution < 1.29 is 0 Å². The van der Waals surface area contributed by atoms with Crippen LogP contribution < -0.4 is 0 Å². The molecule has 0 spiro atoms. The van der Waals surface area contributed by atoms with Crippen molar-refractivity contribution in [2.24, 2.45) is 0 Å². The van der Waals surface area contributed by atoms with Gasteiger partial charge in [-0.15, -0.1) is 0 Å². The van der Waals surface area contributed by atoms with Gasteiger partial charge in [-0.2, -0.15) is 0 Å². The minimum absolute atomic E-state index is 1.15. The Morgan fingerprint density at radius 2 is 0.649 bits per heavy atom. The Kier molecular flexibility index (Phi) is 6.93. The lowest BCUT2D eigenvalue weighted by Gasteiger charge is -2.11. The van der Waals surface area contributed by atoms with Gasteiger partial charge in [-0.05, 0) is 101 Å². The van der Waals surface area contributed by atoms with E-state index in [2.05, 4.69) is 226 Å². The van der Waals surface area contributed by atoms with Gasteiger partial charge >= 0.3 is 0 Å². The Hall–Kier alpha value is -7.62. The molecule has 0 aliphatic carbocycles. The highest BCUT2D eigenvalue weighted by Crippen LogP contribution is 2.44. The number of hydrogen-bond donors (Lipinski definition) is 0. The number of nitrogens with zero attached hydrogens (tertiary/aromatic N) is 3. The van der Waals surface area contributed by atoms with Crippen molar-refractivity contribution >= 4 is 65.4 Å². The first kappa shape index (κ1) is 31.7. The largest absolute Gasteiger partial charge is 0.309 e. The van der Waals surface area contributed by atoms with E-state index in [4.69, 9.17) is 0 Å². The van der Waals surface area contributed by atoms with Gasteiger partial charge in [0.1, 0.15) is 0 Å². The van der Waals surface area contributed by atoms with Gasteiger partial charge in [0, 0.05) is 49.4 Å². The van der Waals surface area contributed by atoms with Gasteiger partial charge in [0.25, 0.3) is 0 Å². The molecule has 57 heavy (non-hydrogen) atoms. The first-order chi connectivity index (χ1) is 28.3. The van der Waals surface area contributed by atoms with Gasteiger partial charge < -0.3 is 13.7 Å². The molecule has 0 aliphatic rings. The molecule has 0 unspecified atom stereocenters. The Morgan fingerprint density at radius 1 is 0.211 bits per heavy atom. The van der Waals surface area contributed by atoms with Gasteiger partial charge in [0.05, 0.1) is 33.1 Å². The van der Waals surface area contributed by atoms with E-state index in [0.29, 0.717) is 0 Å². The fourth-order valence-corrected chi connectivity index (χ4v) is 9.34. The van der Waals surface area contributed by atoms with Crippen molar-refractivity contribution in [3.63, 3.8) is 0 Å². The van der Waals surface area contributed by atoms with E-state index >= 15 is 0 Å². The van der Waals surface area contributed by atoms with Gasteiger partial charge in [-0.1, -0.05) is 133 Å². The lowest BCUT2D eigenvalue weighted by Crippen LogP contribution is -1.95. The quantitative estimate of drug-likeness (QED) is 0.168. The number of benzene rings is 9. The molecule has 12 rings (SSSR count). The minimum Gasteiger partial charge on any atom is -0.309 e. The first-order valence-electron chi connectivity index (χ1n) is 19.6. The predicted molar refractivity (Wildman–Crippen MR) is 240 cm³/mol. The summed E-state index contributed by atoms with van der Waals surface area (Å²) in [6, 6.07) is 77.4. The van der Waals surface area contributed by atoms with Crippen LogP contribution in [-0.4, -0.2) is 13.7 Å². The maximum atomic E-state index is 2.45. The highest BCUT2D eigenvalue weighted by Gasteiger charge is 2.21. The first-order valence-corrected chi connectivity index (χ1v) is 19.6. The fourth-order valence-electron chi connectivity index (χ4n) is 9.34. The van der Waals surface area contributed by atoms with E-state index in [1.807, 2.05) is 0 Å². The number of para-hydroxylation sites is 4. The van der Waals surface area contributed by atoms with Crippen LogP contribution in [0.1, 0.15) is 0 Å². The molecule has 0 saturated heterocycles. The maximum absolute atomic E-state index is 2.45. The molecule has 3 aromatic heterocycles. The molecule has 0 atom stereocenters. The molecule has 0 bridgehead atoms. The summed E-state index contributed by atoms with van der Waals surface area (Å²) in [4.78, 5) is 0. The lowest BCUT2D eigenvalue weighted by molar-refractivity contribution is 1.17. The van der Waals surface area contributed by atoms with Crippen molar-refractivity contribution in [3.05, 3.63) is 212 Å². The molecule has 3 heteroatoms. The van der Waals surface area contributed by atoms with Crippen LogP contribution in [0.4, 0.5) is 0 Å².